The molecule has 0 aromatic heterocycles. The molecule has 1 heterocycles. The Morgan fingerprint density at radius 1 is 1.31 bits per heavy atom. The smallest absolute Gasteiger partial charge is 0.0552 e. The zero-order chi connectivity index (χ0) is 11.7. The van der Waals surface area contributed by atoms with Crippen LogP contribution in [-0.2, 0) is 12.8 Å². The summed E-state index contributed by atoms with van der Waals surface area (Å²) >= 11 is 0. The third-order valence-electron chi connectivity index (χ3n) is 3.23. The molecule has 2 rings (SSSR count). The van der Waals surface area contributed by atoms with Gasteiger partial charge in [-0.3, -0.25) is 0 Å². The second-order valence-electron chi connectivity index (χ2n) is 5.05. The fourth-order valence-corrected chi connectivity index (χ4v) is 2.49. The van der Waals surface area contributed by atoms with Gasteiger partial charge in [-0.05, 0) is 50.8 Å². The number of hydrogen-bond donors (Lipinski definition) is 1. The van der Waals surface area contributed by atoms with Crippen LogP contribution in [0.15, 0.2) is 18.2 Å². The first-order valence-corrected chi connectivity index (χ1v) is 6.14. The summed E-state index contributed by atoms with van der Waals surface area (Å²) in [7, 11) is 0. The molecule has 0 spiro atoms. The molecular weight excluding hydrogens is 198 g/mol. The van der Waals surface area contributed by atoms with Crippen LogP contribution in [0.4, 0.5) is 5.69 Å². The van der Waals surface area contributed by atoms with Crippen molar-refractivity contribution >= 4 is 5.69 Å². The highest BCUT2D eigenvalue weighted by Crippen LogP contribution is 2.30. The van der Waals surface area contributed by atoms with E-state index in [2.05, 4.69) is 36.9 Å². The SMILES string of the molecule is CC(O)Cc1ccc2c(c1)CCN2C(C)C. The number of fused-ring (bicyclic) bond motifs is 1. The van der Waals surface area contributed by atoms with Crippen LogP contribution in [-0.4, -0.2) is 23.8 Å². The average molecular weight is 219 g/mol. The fourth-order valence-electron chi connectivity index (χ4n) is 2.49. The standard InChI is InChI=1S/C14H21NO/c1-10(2)15-7-6-13-9-12(8-11(3)16)4-5-14(13)15/h4-5,9-11,16H,6-8H2,1-3H3. The summed E-state index contributed by atoms with van der Waals surface area (Å²) in [5.74, 6) is 0. The van der Waals surface area contributed by atoms with Gasteiger partial charge in [-0.2, -0.15) is 0 Å². The van der Waals surface area contributed by atoms with Gasteiger partial charge in [-0.25, -0.2) is 0 Å². The fraction of sp³-hybridized carbons (Fsp3) is 0.571. The molecule has 0 fully saturated rings. The highest BCUT2D eigenvalue weighted by atomic mass is 16.3. The van der Waals surface area contributed by atoms with Crippen molar-refractivity contribution in [2.45, 2.75) is 45.8 Å². The highest BCUT2D eigenvalue weighted by molar-refractivity contribution is 5.59. The van der Waals surface area contributed by atoms with E-state index in [1.807, 2.05) is 6.92 Å². The van der Waals surface area contributed by atoms with Crippen LogP contribution in [0.2, 0.25) is 0 Å². The molecule has 0 amide bonds. The third-order valence-corrected chi connectivity index (χ3v) is 3.23. The Hall–Kier alpha value is -1.02. The van der Waals surface area contributed by atoms with Crippen LogP contribution in [0.1, 0.15) is 31.9 Å². The van der Waals surface area contributed by atoms with Crippen LogP contribution in [0.3, 0.4) is 0 Å². The quantitative estimate of drug-likeness (QED) is 0.843. The lowest BCUT2D eigenvalue weighted by atomic mass is 10.0. The predicted molar refractivity (Wildman–Crippen MR) is 68.0 cm³/mol. The second-order valence-corrected chi connectivity index (χ2v) is 5.05. The van der Waals surface area contributed by atoms with Gasteiger partial charge in [0.25, 0.3) is 0 Å². The van der Waals surface area contributed by atoms with Gasteiger partial charge in [0.2, 0.25) is 0 Å². The molecule has 1 N–H and O–H groups in total. The summed E-state index contributed by atoms with van der Waals surface area (Å²) in [5, 5.41) is 9.38. The minimum atomic E-state index is -0.249. The molecular formula is C14H21NO. The molecule has 2 heteroatoms. The van der Waals surface area contributed by atoms with Crippen molar-refractivity contribution in [2.75, 3.05) is 11.4 Å². The topological polar surface area (TPSA) is 23.5 Å². The van der Waals surface area contributed by atoms with Gasteiger partial charge in [0.05, 0.1) is 6.10 Å². The van der Waals surface area contributed by atoms with E-state index < -0.39 is 0 Å². The van der Waals surface area contributed by atoms with Crippen LogP contribution >= 0.6 is 0 Å². The van der Waals surface area contributed by atoms with Gasteiger partial charge in [-0.1, -0.05) is 12.1 Å². The third kappa shape index (κ3) is 2.22. The van der Waals surface area contributed by atoms with E-state index >= 15 is 0 Å². The minimum absolute atomic E-state index is 0.249. The maximum absolute atomic E-state index is 9.38. The minimum Gasteiger partial charge on any atom is -0.393 e. The van der Waals surface area contributed by atoms with E-state index in [4.69, 9.17) is 0 Å². The second kappa shape index (κ2) is 4.46. The molecule has 1 unspecified atom stereocenters. The van der Waals surface area contributed by atoms with Crippen molar-refractivity contribution < 1.29 is 5.11 Å². The summed E-state index contributed by atoms with van der Waals surface area (Å²) in [5.41, 5.74) is 4.07. The average Bonchev–Trinajstić information content (AvgIpc) is 2.59. The van der Waals surface area contributed by atoms with E-state index in [9.17, 15) is 5.11 Å². The molecule has 16 heavy (non-hydrogen) atoms. The van der Waals surface area contributed by atoms with E-state index in [1.54, 1.807) is 0 Å². The number of benzene rings is 1. The van der Waals surface area contributed by atoms with Gasteiger partial charge in [0, 0.05) is 18.3 Å². The normalized spacial score (nSPS) is 16.7. The monoisotopic (exact) mass is 219 g/mol. The lowest BCUT2D eigenvalue weighted by Crippen LogP contribution is -2.28. The van der Waals surface area contributed by atoms with Crippen molar-refractivity contribution in [3.05, 3.63) is 29.3 Å². The Bertz CT molecular complexity index is 371. The van der Waals surface area contributed by atoms with Gasteiger partial charge in [0.15, 0.2) is 0 Å². The highest BCUT2D eigenvalue weighted by Gasteiger charge is 2.21. The summed E-state index contributed by atoms with van der Waals surface area (Å²) < 4.78 is 0. The summed E-state index contributed by atoms with van der Waals surface area (Å²) in [6.07, 6.45) is 1.65. The number of aliphatic hydroxyl groups excluding tert-OH is 1. The lowest BCUT2D eigenvalue weighted by Gasteiger charge is -2.24. The number of rotatable bonds is 3. The number of hydrogen-bond acceptors (Lipinski definition) is 2. The first-order valence-electron chi connectivity index (χ1n) is 6.14. The van der Waals surface area contributed by atoms with E-state index in [-0.39, 0.29) is 6.10 Å². The van der Waals surface area contributed by atoms with Crippen LogP contribution in [0, 0.1) is 0 Å². The van der Waals surface area contributed by atoms with E-state index in [0.29, 0.717) is 6.04 Å². The molecule has 0 saturated heterocycles. The Morgan fingerprint density at radius 2 is 2.06 bits per heavy atom. The number of nitrogens with zero attached hydrogens (tertiary/aromatic N) is 1. The van der Waals surface area contributed by atoms with Gasteiger partial charge >= 0.3 is 0 Å². The Morgan fingerprint density at radius 3 is 2.69 bits per heavy atom. The lowest BCUT2D eigenvalue weighted by molar-refractivity contribution is 0.195. The molecule has 0 saturated carbocycles. The van der Waals surface area contributed by atoms with Crippen molar-refractivity contribution in [2.24, 2.45) is 0 Å². The van der Waals surface area contributed by atoms with Crippen molar-refractivity contribution in [3.8, 4) is 0 Å². The number of anilines is 1. The zero-order valence-corrected chi connectivity index (χ0v) is 10.4. The molecule has 0 bridgehead atoms. The van der Waals surface area contributed by atoms with E-state index in [0.717, 1.165) is 19.4 Å². The van der Waals surface area contributed by atoms with Crippen molar-refractivity contribution in [3.63, 3.8) is 0 Å². The molecule has 2 nitrogen and oxygen atoms in total. The molecule has 1 aliphatic rings. The molecule has 0 aliphatic carbocycles. The van der Waals surface area contributed by atoms with Crippen molar-refractivity contribution in [1.29, 1.82) is 0 Å². The summed E-state index contributed by atoms with van der Waals surface area (Å²) in [6, 6.07) is 7.18. The Labute approximate surface area is 97.9 Å². The maximum Gasteiger partial charge on any atom is 0.0552 e. The van der Waals surface area contributed by atoms with Gasteiger partial charge in [-0.15, -0.1) is 0 Å². The first-order chi connectivity index (χ1) is 7.58. The van der Waals surface area contributed by atoms with Crippen LogP contribution in [0.5, 0.6) is 0 Å². The summed E-state index contributed by atoms with van der Waals surface area (Å²) in [6.45, 7) is 7.44. The molecule has 88 valence electrons. The summed E-state index contributed by atoms with van der Waals surface area (Å²) in [4.78, 5) is 2.45. The molecule has 1 atom stereocenters. The van der Waals surface area contributed by atoms with E-state index in [1.165, 1.54) is 16.8 Å². The zero-order valence-electron chi connectivity index (χ0n) is 10.4. The van der Waals surface area contributed by atoms with Gasteiger partial charge in [0.1, 0.15) is 0 Å². The number of aliphatic hydroxyl groups is 1. The Kier molecular flexibility index (Phi) is 3.20. The Balaban J connectivity index is 2.22. The molecule has 1 aromatic rings. The predicted octanol–water partition coefficient (Wildman–Crippen LogP) is 2.38. The van der Waals surface area contributed by atoms with Crippen molar-refractivity contribution in [1.82, 2.24) is 0 Å². The van der Waals surface area contributed by atoms with Crippen LogP contribution < -0.4 is 4.90 Å². The molecule has 1 aromatic carbocycles. The van der Waals surface area contributed by atoms with Gasteiger partial charge < -0.3 is 10.0 Å². The largest absolute Gasteiger partial charge is 0.393 e. The van der Waals surface area contributed by atoms with Crippen LogP contribution in [0.25, 0.3) is 0 Å². The molecule has 0 radical (unpaired) electrons. The maximum atomic E-state index is 9.38. The first kappa shape index (κ1) is 11.5. The molecule has 1 aliphatic heterocycles.